The zero-order valence-corrected chi connectivity index (χ0v) is 24.6. The lowest BCUT2D eigenvalue weighted by molar-refractivity contribution is -0.139. The topological polar surface area (TPSA) is 86.8 Å². The molecule has 9 heteroatoms. The fourth-order valence-electron chi connectivity index (χ4n) is 4.08. The van der Waals surface area contributed by atoms with Gasteiger partial charge in [-0.1, -0.05) is 67.1 Å². The Balaban J connectivity index is 2.07. The maximum absolute atomic E-state index is 14.0. The van der Waals surface area contributed by atoms with Gasteiger partial charge in [0.25, 0.3) is 10.0 Å². The monoisotopic (exact) mass is 569 g/mol. The van der Waals surface area contributed by atoms with Gasteiger partial charge in [0.15, 0.2) is 0 Å². The lowest BCUT2D eigenvalue weighted by Gasteiger charge is -2.33. The van der Waals surface area contributed by atoms with Crippen molar-refractivity contribution in [3.8, 4) is 0 Å². The molecule has 0 aliphatic heterocycles. The van der Waals surface area contributed by atoms with Gasteiger partial charge in [-0.25, -0.2) is 8.42 Å². The summed E-state index contributed by atoms with van der Waals surface area (Å²) in [6.07, 6.45) is 0.729. The third-order valence-corrected chi connectivity index (χ3v) is 8.85. The quantitative estimate of drug-likeness (QED) is 0.331. The molecular formula is C30H36ClN3O4S. The molecule has 1 N–H and O–H groups in total. The number of nitrogens with zero attached hydrogens (tertiary/aromatic N) is 2. The largest absolute Gasteiger partial charge is 0.352 e. The minimum absolute atomic E-state index is 0.0413. The maximum atomic E-state index is 14.0. The minimum atomic E-state index is -4.11. The highest BCUT2D eigenvalue weighted by atomic mass is 35.5. The van der Waals surface area contributed by atoms with Gasteiger partial charge in [0.05, 0.1) is 10.6 Å². The predicted octanol–water partition coefficient (Wildman–Crippen LogP) is 5.48. The number of sulfonamides is 1. The van der Waals surface area contributed by atoms with Gasteiger partial charge in [-0.15, -0.1) is 0 Å². The third-order valence-electron chi connectivity index (χ3n) is 6.71. The van der Waals surface area contributed by atoms with Crippen molar-refractivity contribution in [3.05, 3.63) is 94.5 Å². The molecule has 3 aromatic carbocycles. The number of hydrogen-bond donors (Lipinski definition) is 1. The van der Waals surface area contributed by atoms with Crippen LogP contribution in [-0.4, -0.2) is 43.8 Å². The Hall–Kier alpha value is -3.36. The number of benzene rings is 3. The summed E-state index contributed by atoms with van der Waals surface area (Å²) in [5.41, 5.74) is 2.61. The van der Waals surface area contributed by atoms with Gasteiger partial charge in [0, 0.05) is 17.6 Å². The lowest BCUT2D eigenvalue weighted by Crippen LogP contribution is -2.52. The van der Waals surface area contributed by atoms with Crippen LogP contribution in [0, 0.1) is 13.8 Å². The Morgan fingerprint density at radius 2 is 1.59 bits per heavy atom. The molecule has 0 saturated heterocycles. The van der Waals surface area contributed by atoms with E-state index in [1.807, 2.05) is 32.9 Å². The fraction of sp³-hybridized carbons (Fsp3) is 0.333. The molecule has 7 nitrogen and oxygen atoms in total. The van der Waals surface area contributed by atoms with Gasteiger partial charge in [0.1, 0.15) is 12.6 Å². The van der Waals surface area contributed by atoms with Crippen LogP contribution in [0.1, 0.15) is 43.9 Å². The Morgan fingerprint density at radius 1 is 0.949 bits per heavy atom. The van der Waals surface area contributed by atoms with Crippen molar-refractivity contribution in [2.45, 2.75) is 64.6 Å². The second-order valence-corrected chi connectivity index (χ2v) is 12.0. The maximum Gasteiger partial charge on any atom is 0.264 e. The number of anilines is 1. The molecule has 0 radical (unpaired) electrons. The Labute approximate surface area is 236 Å². The van der Waals surface area contributed by atoms with Crippen LogP contribution >= 0.6 is 11.6 Å². The molecule has 0 aliphatic rings. The van der Waals surface area contributed by atoms with Crippen LogP contribution in [0.2, 0.25) is 5.02 Å². The molecule has 0 heterocycles. The molecule has 0 saturated carbocycles. The minimum Gasteiger partial charge on any atom is -0.352 e. The van der Waals surface area contributed by atoms with Gasteiger partial charge in [-0.3, -0.25) is 13.9 Å². The summed E-state index contributed by atoms with van der Waals surface area (Å²) >= 11 is 6.41. The van der Waals surface area contributed by atoms with Gasteiger partial charge >= 0.3 is 0 Å². The van der Waals surface area contributed by atoms with Gasteiger partial charge in [-0.05, 0) is 75.1 Å². The van der Waals surface area contributed by atoms with Crippen LogP contribution in [0.15, 0.2) is 77.7 Å². The number of halogens is 1. The van der Waals surface area contributed by atoms with E-state index in [-0.39, 0.29) is 23.4 Å². The smallest absolute Gasteiger partial charge is 0.264 e. The molecule has 2 amide bonds. The van der Waals surface area contributed by atoms with Crippen molar-refractivity contribution < 1.29 is 18.0 Å². The van der Waals surface area contributed by atoms with Gasteiger partial charge < -0.3 is 10.2 Å². The summed E-state index contributed by atoms with van der Waals surface area (Å²) < 4.78 is 29.0. The average Bonchev–Trinajstić information content (AvgIpc) is 2.92. The van der Waals surface area contributed by atoms with Crippen molar-refractivity contribution in [1.82, 2.24) is 10.2 Å². The predicted molar refractivity (Wildman–Crippen MR) is 156 cm³/mol. The van der Waals surface area contributed by atoms with E-state index in [9.17, 15) is 18.0 Å². The molecule has 39 heavy (non-hydrogen) atoms. The van der Waals surface area contributed by atoms with E-state index in [0.29, 0.717) is 21.8 Å². The molecule has 0 unspecified atom stereocenters. The van der Waals surface area contributed by atoms with E-state index in [1.165, 1.54) is 17.0 Å². The molecule has 0 aliphatic carbocycles. The zero-order valence-electron chi connectivity index (χ0n) is 23.0. The number of rotatable bonds is 11. The molecule has 2 atom stereocenters. The molecule has 0 spiro atoms. The lowest BCUT2D eigenvalue weighted by atomic mass is 10.1. The number of aryl methyl sites for hydroxylation is 2. The van der Waals surface area contributed by atoms with Crippen LogP contribution in [0.3, 0.4) is 0 Å². The van der Waals surface area contributed by atoms with Crippen molar-refractivity contribution >= 4 is 39.1 Å². The summed E-state index contributed by atoms with van der Waals surface area (Å²) in [5, 5.41) is 3.38. The van der Waals surface area contributed by atoms with E-state index in [0.717, 1.165) is 16.3 Å². The van der Waals surface area contributed by atoms with Crippen molar-refractivity contribution in [3.63, 3.8) is 0 Å². The summed E-state index contributed by atoms with van der Waals surface area (Å²) in [6.45, 7) is 8.70. The molecule has 0 bridgehead atoms. The van der Waals surface area contributed by atoms with Crippen molar-refractivity contribution in [2.24, 2.45) is 0 Å². The molecular weight excluding hydrogens is 534 g/mol. The SMILES string of the molecule is CC[C@H](C)NC(=O)[C@H](C)N(Cc1ccccc1Cl)C(=O)CN(c1cc(C)ccc1C)S(=O)(=O)c1ccccc1. The van der Waals surface area contributed by atoms with Crippen molar-refractivity contribution in [2.75, 3.05) is 10.8 Å². The standard InChI is InChI=1S/C30H36ClN3O4S/c1-6-23(4)32-30(36)24(5)33(19-25-12-10-11-15-27(25)31)29(35)20-34(28-18-21(2)16-17-22(28)3)39(37,38)26-13-8-7-9-14-26/h7-18,23-24H,6,19-20H2,1-5H3,(H,32,36)/t23-,24-/m0/s1. The van der Waals surface area contributed by atoms with Gasteiger partial charge in [0.2, 0.25) is 11.8 Å². The van der Waals surface area contributed by atoms with Crippen LogP contribution in [0.5, 0.6) is 0 Å². The summed E-state index contributed by atoms with van der Waals surface area (Å²) in [6, 6.07) is 19.6. The Bertz CT molecular complexity index is 1410. The third kappa shape index (κ3) is 7.40. The fourth-order valence-corrected chi connectivity index (χ4v) is 5.77. The first-order valence-corrected chi connectivity index (χ1v) is 14.8. The van der Waals surface area contributed by atoms with E-state index in [4.69, 9.17) is 11.6 Å². The second-order valence-electron chi connectivity index (χ2n) is 9.72. The first-order valence-electron chi connectivity index (χ1n) is 12.9. The van der Waals surface area contributed by atoms with E-state index >= 15 is 0 Å². The summed E-state index contributed by atoms with van der Waals surface area (Å²) in [7, 11) is -4.11. The first kappa shape index (κ1) is 30.2. The number of amides is 2. The van der Waals surface area contributed by atoms with E-state index in [1.54, 1.807) is 62.4 Å². The second kappa shape index (κ2) is 13.1. The Morgan fingerprint density at radius 3 is 2.23 bits per heavy atom. The molecule has 3 rings (SSSR count). The first-order chi connectivity index (χ1) is 18.4. The summed E-state index contributed by atoms with van der Waals surface area (Å²) in [4.78, 5) is 28.6. The molecule has 0 fully saturated rings. The van der Waals surface area contributed by atoms with Crippen LogP contribution in [-0.2, 0) is 26.2 Å². The molecule has 0 aromatic heterocycles. The Kier molecular flexibility index (Phi) is 10.2. The molecule has 3 aromatic rings. The van der Waals surface area contributed by atoms with Crippen LogP contribution < -0.4 is 9.62 Å². The number of hydrogen-bond acceptors (Lipinski definition) is 4. The number of carbonyl (C=O) groups excluding carboxylic acids is 2. The highest BCUT2D eigenvalue weighted by Gasteiger charge is 2.33. The summed E-state index contributed by atoms with van der Waals surface area (Å²) in [5.74, 6) is -0.851. The van der Waals surface area contributed by atoms with Crippen molar-refractivity contribution in [1.29, 1.82) is 0 Å². The van der Waals surface area contributed by atoms with Crippen LogP contribution in [0.25, 0.3) is 0 Å². The number of nitrogens with one attached hydrogen (secondary N) is 1. The zero-order chi connectivity index (χ0) is 28.7. The van der Waals surface area contributed by atoms with E-state index < -0.39 is 28.5 Å². The van der Waals surface area contributed by atoms with Crippen LogP contribution in [0.4, 0.5) is 5.69 Å². The highest BCUT2D eigenvalue weighted by molar-refractivity contribution is 7.92. The number of carbonyl (C=O) groups is 2. The normalized spacial score (nSPS) is 12.9. The average molecular weight is 570 g/mol. The van der Waals surface area contributed by atoms with Gasteiger partial charge in [-0.2, -0.15) is 0 Å². The molecule has 208 valence electrons. The highest BCUT2D eigenvalue weighted by Crippen LogP contribution is 2.29. The van der Waals surface area contributed by atoms with E-state index in [2.05, 4.69) is 5.32 Å².